The fourth-order valence-electron chi connectivity index (χ4n) is 5.84. The number of rotatable bonds is 35. The van der Waals surface area contributed by atoms with Crippen LogP contribution in [-0.4, -0.2) is 46.1 Å². The Morgan fingerprint density at radius 2 is 1.00 bits per heavy atom. The molecule has 0 bridgehead atoms. The van der Waals surface area contributed by atoms with E-state index in [-0.39, 0.29) is 18.9 Å². The van der Waals surface area contributed by atoms with Gasteiger partial charge >= 0.3 is 0 Å². The van der Waals surface area contributed by atoms with Crippen molar-refractivity contribution in [1.82, 2.24) is 5.32 Å². The number of unbranched alkanes of at least 4 members (excludes halogenated alkanes) is 21. The Balaban J connectivity index is 3.63. The van der Waals surface area contributed by atoms with Crippen molar-refractivity contribution in [2.24, 2.45) is 0 Å². The van der Waals surface area contributed by atoms with Gasteiger partial charge in [0.05, 0.1) is 31.3 Å². The van der Waals surface area contributed by atoms with Crippen LogP contribution in [0.3, 0.4) is 0 Å². The van der Waals surface area contributed by atoms with Crippen molar-refractivity contribution in [2.75, 3.05) is 6.61 Å². The SMILES string of the molecule is C/C=C/CC/C=C/CC/C=C/C(O)C(CO)NC(=O)CC(O)CCCCCCCCC/C=C\CCCCCCCCCCCCCC. The zero-order chi connectivity index (χ0) is 34.5. The van der Waals surface area contributed by atoms with Gasteiger partial charge in [-0.2, -0.15) is 0 Å². The lowest BCUT2D eigenvalue weighted by atomic mass is 10.0. The lowest BCUT2D eigenvalue weighted by Crippen LogP contribution is -2.45. The second-order valence-corrected chi connectivity index (χ2v) is 13.5. The highest BCUT2D eigenvalue weighted by molar-refractivity contribution is 5.76. The van der Waals surface area contributed by atoms with E-state index in [4.69, 9.17) is 0 Å². The van der Waals surface area contributed by atoms with E-state index in [1.165, 1.54) is 122 Å². The van der Waals surface area contributed by atoms with Gasteiger partial charge in [0.2, 0.25) is 5.91 Å². The molecule has 5 heteroatoms. The Morgan fingerprint density at radius 1 is 0.574 bits per heavy atom. The second kappa shape index (κ2) is 37.1. The standard InChI is InChI=1S/C42H77NO4/c1-3-5-7-9-11-13-14-15-16-17-18-19-20-21-22-23-24-25-26-28-29-31-33-35-39(45)37-42(47)43-40(38-44)41(46)36-34-32-30-27-12-10-8-6-4-2/h4,6,12,21-22,27,34,36,39-41,44-46H,3,5,7-11,13-20,23-26,28-33,35,37-38H2,1-2H3,(H,43,47)/b6-4+,22-21-,27-12+,36-34+. The van der Waals surface area contributed by atoms with Crippen molar-refractivity contribution in [3.8, 4) is 0 Å². The molecule has 0 spiro atoms. The molecule has 0 aromatic rings. The third kappa shape index (κ3) is 34.0. The number of nitrogens with one attached hydrogen (secondary N) is 1. The molecule has 0 heterocycles. The van der Waals surface area contributed by atoms with Gasteiger partial charge < -0.3 is 20.6 Å². The lowest BCUT2D eigenvalue weighted by molar-refractivity contribution is -0.124. The summed E-state index contributed by atoms with van der Waals surface area (Å²) < 4.78 is 0. The normalized spacial score (nSPS) is 14.2. The monoisotopic (exact) mass is 660 g/mol. The van der Waals surface area contributed by atoms with Gasteiger partial charge in [0.25, 0.3) is 0 Å². The van der Waals surface area contributed by atoms with E-state index in [2.05, 4.69) is 48.7 Å². The minimum atomic E-state index is -0.958. The van der Waals surface area contributed by atoms with Gasteiger partial charge in [0, 0.05) is 0 Å². The number of aliphatic hydroxyl groups excluding tert-OH is 3. The quantitative estimate of drug-likeness (QED) is 0.0402. The smallest absolute Gasteiger partial charge is 0.222 e. The average Bonchev–Trinajstić information content (AvgIpc) is 3.06. The van der Waals surface area contributed by atoms with E-state index in [0.29, 0.717) is 6.42 Å². The largest absolute Gasteiger partial charge is 0.394 e. The highest BCUT2D eigenvalue weighted by Gasteiger charge is 2.20. The molecule has 3 unspecified atom stereocenters. The van der Waals surface area contributed by atoms with Gasteiger partial charge in [-0.1, -0.05) is 165 Å². The molecule has 0 radical (unpaired) electrons. The highest BCUT2D eigenvalue weighted by Crippen LogP contribution is 2.14. The van der Waals surface area contributed by atoms with E-state index >= 15 is 0 Å². The maximum absolute atomic E-state index is 12.3. The first-order valence-electron chi connectivity index (χ1n) is 19.9. The Morgan fingerprint density at radius 3 is 1.49 bits per heavy atom. The Labute approximate surface area is 291 Å². The molecule has 0 aromatic heterocycles. The average molecular weight is 660 g/mol. The predicted molar refractivity (Wildman–Crippen MR) is 204 cm³/mol. The molecule has 0 aliphatic heterocycles. The molecular formula is C42H77NO4. The summed E-state index contributed by atoms with van der Waals surface area (Å²) >= 11 is 0. The summed E-state index contributed by atoms with van der Waals surface area (Å²) in [5.41, 5.74) is 0. The van der Waals surface area contributed by atoms with E-state index in [1.807, 2.05) is 13.0 Å². The van der Waals surface area contributed by atoms with E-state index in [9.17, 15) is 20.1 Å². The van der Waals surface area contributed by atoms with Crippen LogP contribution in [0.5, 0.6) is 0 Å². The van der Waals surface area contributed by atoms with E-state index < -0.39 is 18.2 Å². The van der Waals surface area contributed by atoms with Crippen LogP contribution in [-0.2, 0) is 4.79 Å². The molecule has 3 atom stereocenters. The highest BCUT2D eigenvalue weighted by atomic mass is 16.3. The summed E-state index contributed by atoms with van der Waals surface area (Å²) in [6.07, 6.45) is 47.0. The Kier molecular flexibility index (Phi) is 35.8. The maximum atomic E-state index is 12.3. The summed E-state index contributed by atoms with van der Waals surface area (Å²) in [4.78, 5) is 12.3. The molecular weight excluding hydrogens is 582 g/mol. The third-order valence-corrected chi connectivity index (χ3v) is 8.91. The topological polar surface area (TPSA) is 89.8 Å². The summed E-state index contributed by atoms with van der Waals surface area (Å²) in [7, 11) is 0. The van der Waals surface area contributed by atoms with Gasteiger partial charge in [0.1, 0.15) is 0 Å². The number of allylic oxidation sites excluding steroid dienone is 7. The summed E-state index contributed by atoms with van der Waals surface area (Å²) in [6, 6.07) is -0.767. The van der Waals surface area contributed by atoms with Crippen molar-refractivity contribution < 1.29 is 20.1 Å². The zero-order valence-electron chi connectivity index (χ0n) is 30.9. The number of carbonyl (C=O) groups excluding carboxylic acids is 1. The molecule has 0 fully saturated rings. The van der Waals surface area contributed by atoms with Gasteiger partial charge in [-0.25, -0.2) is 0 Å². The first-order chi connectivity index (χ1) is 23.0. The molecule has 0 aliphatic rings. The third-order valence-electron chi connectivity index (χ3n) is 8.91. The minimum absolute atomic E-state index is 0.00221. The maximum Gasteiger partial charge on any atom is 0.222 e. The number of hydrogen-bond acceptors (Lipinski definition) is 4. The van der Waals surface area contributed by atoms with Crippen molar-refractivity contribution in [3.05, 3.63) is 48.6 Å². The molecule has 0 aliphatic carbocycles. The van der Waals surface area contributed by atoms with Crippen LogP contribution < -0.4 is 5.32 Å². The molecule has 0 saturated heterocycles. The van der Waals surface area contributed by atoms with Crippen LogP contribution in [0.25, 0.3) is 0 Å². The minimum Gasteiger partial charge on any atom is -0.394 e. The van der Waals surface area contributed by atoms with Crippen molar-refractivity contribution in [1.29, 1.82) is 0 Å². The number of hydrogen-bond donors (Lipinski definition) is 4. The van der Waals surface area contributed by atoms with Gasteiger partial charge in [-0.05, 0) is 64.7 Å². The second-order valence-electron chi connectivity index (χ2n) is 13.5. The summed E-state index contributed by atoms with van der Waals surface area (Å²) in [5, 5.41) is 32.9. The number of aliphatic hydroxyl groups is 3. The molecule has 47 heavy (non-hydrogen) atoms. The summed E-state index contributed by atoms with van der Waals surface area (Å²) in [6.45, 7) is 3.95. The van der Waals surface area contributed by atoms with Crippen molar-refractivity contribution in [2.45, 2.75) is 205 Å². The Hall–Kier alpha value is -1.69. The van der Waals surface area contributed by atoms with Crippen LogP contribution in [0.15, 0.2) is 48.6 Å². The van der Waals surface area contributed by atoms with Gasteiger partial charge in [-0.3, -0.25) is 4.79 Å². The van der Waals surface area contributed by atoms with Gasteiger partial charge in [-0.15, -0.1) is 0 Å². The zero-order valence-corrected chi connectivity index (χ0v) is 30.9. The molecule has 5 nitrogen and oxygen atoms in total. The van der Waals surface area contributed by atoms with E-state index in [1.54, 1.807) is 6.08 Å². The molecule has 1 amide bonds. The molecule has 4 N–H and O–H groups in total. The van der Waals surface area contributed by atoms with Crippen LogP contribution in [0, 0.1) is 0 Å². The Bertz CT molecular complexity index is 775. The fourth-order valence-corrected chi connectivity index (χ4v) is 5.84. The van der Waals surface area contributed by atoms with Gasteiger partial charge in [0.15, 0.2) is 0 Å². The van der Waals surface area contributed by atoms with Crippen LogP contribution in [0.2, 0.25) is 0 Å². The molecule has 0 rings (SSSR count). The van der Waals surface area contributed by atoms with E-state index in [0.717, 1.165) is 38.5 Å². The summed E-state index contributed by atoms with van der Waals surface area (Å²) in [5.74, 6) is -0.337. The first-order valence-corrected chi connectivity index (χ1v) is 19.9. The van der Waals surface area contributed by atoms with Crippen molar-refractivity contribution >= 4 is 5.91 Å². The molecule has 0 aromatic carbocycles. The van der Waals surface area contributed by atoms with Crippen molar-refractivity contribution in [3.63, 3.8) is 0 Å². The predicted octanol–water partition coefficient (Wildman–Crippen LogP) is 11.0. The molecule has 0 saturated carbocycles. The van der Waals surface area contributed by atoms with Crippen LogP contribution in [0.1, 0.15) is 187 Å². The van der Waals surface area contributed by atoms with Crippen LogP contribution in [0.4, 0.5) is 0 Å². The lowest BCUT2D eigenvalue weighted by Gasteiger charge is -2.21. The number of amides is 1. The molecule has 274 valence electrons. The first kappa shape index (κ1) is 45.3. The number of carbonyl (C=O) groups is 1. The van der Waals surface area contributed by atoms with Crippen LogP contribution >= 0.6 is 0 Å². The fraction of sp³-hybridized carbons (Fsp3) is 0.786.